The Morgan fingerprint density at radius 2 is 2.00 bits per heavy atom. The molecule has 1 aromatic carbocycles. The fourth-order valence-corrected chi connectivity index (χ4v) is 1.81. The molecule has 3 heteroatoms. The summed E-state index contributed by atoms with van der Waals surface area (Å²) in [6.07, 6.45) is 1.71. The van der Waals surface area contributed by atoms with Crippen molar-refractivity contribution in [1.82, 2.24) is 0 Å². The van der Waals surface area contributed by atoms with Gasteiger partial charge in [-0.2, -0.15) is 5.26 Å². The molecule has 0 fully saturated rings. The number of nitrogen functional groups attached to an aromatic ring is 1. The lowest BCUT2D eigenvalue weighted by molar-refractivity contribution is 0.281. The van der Waals surface area contributed by atoms with E-state index in [1.54, 1.807) is 0 Å². The third kappa shape index (κ3) is 3.66. The van der Waals surface area contributed by atoms with Gasteiger partial charge in [0, 0.05) is 11.3 Å². The van der Waals surface area contributed by atoms with Crippen LogP contribution in [0.25, 0.3) is 0 Å². The summed E-state index contributed by atoms with van der Waals surface area (Å²) in [5, 5.41) is 8.93. The average Bonchev–Trinajstić information content (AvgIpc) is 2.33. The van der Waals surface area contributed by atoms with E-state index in [0.717, 1.165) is 35.4 Å². The van der Waals surface area contributed by atoms with E-state index in [9.17, 15) is 0 Å². The van der Waals surface area contributed by atoms with E-state index in [4.69, 9.17) is 15.7 Å². The first kappa shape index (κ1) is 14.4. The van der Waals surface area contributed by atoms with Crippen molar-refractivity contribution >= 4 is 5.69 Å². The van der Waals surface area contributed by atoms with Crippen molar-refractivity contribution in [3.05, 3.63) is 23.3 Å². The largest absolute Gasteiger partial charge is 0.493 e. The number of ether oxygens (including phenoxy) is 1. The van der Waals surface area contributed by atoms with E-state index in [-0.39, 0.29) is 5.41 Å². The molecule has 0 saturated carbocycles. The molecular weight excluding hydrogens is 224 g/mol. The number of anilines is 1. The van der Waals surface area contributed by atoms with Crippen LogP contribution in [-0.2, 0) is 0 Å². The second kappa shape index (κ2) is 5.77. The minimum Gasteiger partial charge on any atom is -0.493 e. The summed E-state index contributed by atoms with van der Waals surface area (Å²) in [4.78, 5) is 0. The number of nitrogens with two attached hydrogens (primary N) is 1. The Kier molecular flexibility index (Phi) is 4.61. The van der Waals surface area contributed by atoms with Gasteiger partial charge in [0.15, 0.2) is 0 Å². The van der Waals surface area contributed by atoms with Gasteiger partial charge in [-0.3, -0.25) is 0 Å². The molecule has 0 bridgehead atoms. The van der Waals surface area contributed by atoms with E-state index in [1.807, 2.05) is 39.8 Å². The van der Waals surface area contributed by atoms with Crippen molar-refractivity contribution in [1.29, 1.82) is 5.26 Å². The van der Waals surface area contributed by atoms with Gasteiger partial charge in [0.05, 0.1) is 18.1 Å². The normalized spacial score (nSPS) is 11.1. The quantitative estimate of drug-likeness (QED) is 0.638. The van der Waals surface area contributed by atoms with E-state index in [0.29, 0.717) is 6.61 Å². The molecule has 0 radical (unpaired) electrons. The van der Waals surface area contributed by atoms with Gasteiger partial charge < -0.3 is 10.5 Å². The molecular formula is C15H22N2O. The van der Waals surface area contributed by atoms with Crippen LogP contribution in [0.4, 0.5) is 5.69 Å². The fraction of sp³-hybridized carbons (Fsp3) is 0.533. The molecule has 0 aliphatic heterocycles. The maximum absolute atomic E-state index is 8.93. The van der Waals surface area contributed by atoms with Crippen molar-refractivity contribution < 1.29 is 4.74 Å². The van der Waals surface area contributed by atoms with Gasteiger partial charge in [-0.05, 0) is 52.2 Å². The van der Waals surface area contributed by atoms with Gasteiger partial charge >= 0.3 is 0 Å². The Morgan fingerprint density at radius 3 is 2.61 bits per heavy atom. The predicted octanol–water partition coefficient (Wildman–Crippen LogP) is 3.59. The number of aryl methyl sites for hydroxylation is 1. The molecule has 0 heterocycles. The number of rotatable bonds is 5. The lowest BCUT2D eigenvalue weighted by Gasteiger charge is -2.17. The Labute approximate surface area is 110 Å². The number of hydrogen-bond acceptors (Lipinski definition) is 3. The highest BCUT2D eigenvalue weighted by Gasteiger charge is 2.16. The third-order valence-electron chi connectivity index (χ3n) is 3.14. The van der Waals surface area contributed by atoms with Gasteiger partial charge in [0.25, 0.3) is 0 Å². The highest BCUT2D eigenvalue weighted by atomic mass is 16.5. The molecule has 0 atom stereocenters. The second-order valence-electron chi connectivity index (χ2n) is 5.37. The van der Waals surface area contributed by atoms with Gasteiger partial charge in [0.2, 0.25) is 0 Å². The molecule has 18 heavy (non-hydrogen) atoms. The van der Waals surface area contributed by atoms with Crippen LogP contribution in [0, 0.1) is 30.6 Å². The minimum absolute atomic E-state index is 0.275. The molecule has 0 aromatic heterocycles. The highest BCUT2D eigenvalue weighted by molar-refractivity contribution is 5.56. The molecule has 3 nitrogen and oxygen atoms in total. The van der Waals surface area contributed by atoms with Crippen LogP contribution in [0.1, 0.15) is 37.8 Å². The summed E-state index contributed by atoms with van der Waals surface area (Å²) < 4.78 is 5.80. The molecule has 1 aromatic rings. The molecule has 0 amide bonds. The Bertz CT molecular complexity index is 458. The first-order chi connectivity index (χ1) is 8.37. The Morgan fingerprint density at radius 1 is 1.33 bits per heavy atom. The summed E-state index contributed by atoms with van der Waals surface area (Å²) in [6, 6.07) is 6.16. The van der Waals surface area contributed by atoms with E-state index in [1.165, 1.54) is 0 Å². The zero-order chi connectivity index (χ0) is 13.8. The topological polar surface area (TPSA) is 59.0 Å². The van der Waals surface area contributed by atoms with E-state index >= 15 is 0 Å². The van der Waals surface area contributed by atoms with E-state index < -0.39 is 0 Å². The number of benzene rings is 1. The van der Waals surface area contributed by atoms with Crippen molar-refractivity contribution in [3.63, 3.8) is 0 Å². The zero-order valence-electron chi connectivity index (χ0n) is 11.7. The van der Waals surface area contributed by atoms with Crippen LogP contribution in [0.2, 0.25) is 0 Å². The van der Waals surface area contributed by atoms with Gasteiger partial charge in [-0.25, -0.2) is 0 Å². The molecule has 1 rings (SSSR count). The summed E-state index contributed by atoms with van der Waals surface area (Å²) in [5.74, 6) is 0.879. The SMILES string of the molecule is Cc1ccc(N)c(C)c1OCCCC(C)(C)C#N. The molecule has 0 saturated heterocycles. The van der Waals surface area contributed by atoms with Gasteiger partial charge in [0.1, 0.15) is 5.75 Å². The summed E-state index contributed by atoms with van der Waals surface area (Å²) in [5.41, 5.74) is 8.44. The standard InChI is InChI=1S/C15H22N2O/c1-11-6-7-13(17)12(2)14(11)18-9-5-8-15(3,4)10-16/h6-7H,5,8-9,17H2,1-4H3. The summed E-state index contributed by atoms with van der Waals surface area (Å²) in [6.45, 7) is 8.50. The lowest BCUT2D eigenvalue weighted by atomic mass is 9.90. The maximum Gasteiger partial charge on any atom is 0.127 e. The van der Waals surface area contributed by atoms with Crippen molar-refractivity contribution in [2.75, 3.05) is 12.3 Å². The van der Waals surface area contributed by atoms with Gasteiger partial charge in [-0.15, -0.1) is 0 Å². The molecule has 2 N–H and O–H groups in total. The van der Waals surface area contributed by atoms with Crippen LogP contribution in [0.5, 0.6) is 5.75 Å². The minimum atomic E-state index is -0.275. The smallest absolute Gasteiger partial charge is 0.127 e. The van der Waals surface area contributed by atoms with Crippen molar-refractivity contribution in [2.45, 2.75) is 40.5 Å². The molecule has 0 aliphatic carbocycles. The first-order valence-electron chi connectivity index (χ1n) is 6.27. The molecule has 98 valence electrons. The Balaban J connectivity index is 2.56. The summed E-state index contributed by atoms with van der Waals surface area (Å²) >= 11 is 0. The summed E-state index contributed by atoms with van der Waals surface area (Å²) in [7, 11) is 0. The maximum atomic E-state index is 8.93. The average molecular weight is 246 g/mol. The van der Waals surface area contributed by atoms with Crippen LogP contribution in [-0.4, -0.2) is 6.61 Å². The predicted molar refractivity (Wildman–Crippen MR) is 74.5 cm³/mol. The molecule has 0 spiro atoms. The monoisotopic (exact) mass is 246 g/mol. The van der Waals surface area contributed by atoms with Crippen LogP contribution < -0.4 is 10.5 Å². The first-order valence-corrected chi connectivity index (χ1v) is 6.27. The third-order valence-corrected chi connectivity index (χ3v) is 3.14. The van der Waals surface area contributed by atoms with E-state index in [2.05, 4.69) is 6.07 Å². The zero-order valence-corrected chi connectivity index (χ0v) is 11.7. The van der Waals surface area contributed by atoms with Gasteiger partial charge in [-0.1, -0.05) is 6.07 Å². The second-order valence-corrected chi connectivity index (χ2v) is 5.37. The number of nitrogens with zero attached hydrogens (tertiary/aromatic N) is 1. The molecule has 0 unspecified atom stereocenters. The van der Waals surface area contributed by atoms with Crippen LogP contribution in [0.15, 0.2) is 12.1 Å². The number of nitriles is 1. The van der Waals surface area contributed by atoms with Crippen LogP contribution in [0.3, 0.4) is 0 Å². The Hall–Kier alpha value is -1.69. The van der Waals surface area contributed by atoms with Crippen molar-refractivity contribution in [3.8, 4) is 11.8 Å². The van der Waals surface area contributed by atoms with Crippen molar-refractivity contribution in [2.24, 2.45) is 5.41 Å². The fourth-order valence-electron chi connectivity index (χ4n) is 1.81. The van der Waals surface area contributed by atoms with Crippen LogP contribution >= 0.6 is 0 Å². The lowest BCUT2D eigenvalue weighted by Crippen LogP contribution is -2.10. The highest BCUT2D eigenvalue weighted by Crippen LogP contribution is 2.28. The molecule has 0 aliphatic rings. The number of hydrogen-bond donors (Lipinski definition) is 1.